The Morgan fingerprint density at radius 3 is 2.50 bits per heavy atom. The smallest absolute Gasteiger partial charge is 0.341 e. The van der Waals surface area contributed by atoms with Gasteiger partial charge in [0.25, 0.3) is 0 Å². The highest BCUT2D eigenvalue weighted by molar-refractivity contribution is 14.0. The molecule has 9 heteroatoms. The number of likely N-dealkylation sites (tertiary alicyclic amines) is 1. The predicted molar refractivity (Wildman–Crippen MR) is 128 cm³/mol. The van der Waals surface area contributed by atoms with Crippen molar-refractivity contribution in [3.05, 3.63) is 29.3 Å². The summed E-state index contributed by atoms with van der Waals surface area (Å²) < 4.78 is 10.1. The van der Waals surface area contributed by atoms with Crippen LogP contribution >= 0.6 is 24.0 Å². The summed E-state index contributed by atoms with van der Waals surface area (Å²) in [6, 6.07) is 5.37. The number of rotatable bonds is 7. The molecule has 30 heavy (non-hydrogen) atoms. The summed E-state index contributed by atoms with van der Waals surface area (Å²) >= 11 is 0. The Kier molecular flexibility index (Phi) is 11.5. The Labute approximate surface area is 195 Å². The molecule has 1 fully saturated rings. The molecular weight excluding hydrogens is 499 g/mol. The number of hydrogen-bond donors (Lipinski definition) is 2. The normalized spacial score (nSPS) is 14.5. The summed E-state index contributed by atoms with van der Waals surface area (Å²) in [4.78, 5) is 30.4. The van der Waals surface area contributed by atoms with Gasteiger partial charge in [0.2, 0.25) is 5.91 Å². The molecule has 1 aromatic rings. The standard InChI is InChI=1S/C21H32N4O4.HI/c1-5-23-21(25-10-8-15(9-11-25)13-19(26)22-2)24-14-16-6-7-17(20(27)29-4)18(12-16)28-3;/h6-7,12,15H,5,8-11,13-14H2,1-4H3,(H,22,26)(H,23,24);1H. The molecule has 0 spiro atoms. The van der Waals surface area contributed by atoms with Crippen LogP contribution in [0.4, 0.5) is 0 Å². The van der Waals surface area contributed by atoms with Crippen LogP contribution in [0.25, 0.3) is 0 Å². The first kappa shape index (κ1) is 26.0. The molecule has 1 aliphatic heterocycles. The lowest BCUT2D eigenvalue weighted by atomic mass is 9.93. The zero-order valence-corrected chi connectivity index (χ0v) is 20.5. The highest BCUT2D eigenvalue weighted by atomic mass is 127. The molecule has 0 bridgehead atoms. The minimum Gasteiger partial charge on any atom is -0.496 e. The van der Waals surface area contributed by atoms with Gasteiger partial charge in [-0.2, -0.15) is 0 Å². The third-order valence-electron chi connectivity index (χ3n) is 5.08. The molecule has 0 radical (unpaired) electrons. The molecule has 2 N–H and O–H groups in total. The number of guanidine groups is 1. The van der Waals surface area contributed by atoms with Gasteiger partial charge >= 0.3 is 5.97 Å². The monoisotopic (exact) mass is 532 g/mol. The van der Waals surface area contributed by atoms with Gasteiger partial charge in [-0.05, 0) is 43.4 Å². The second-order valence-corrected chi connectivity index (χ2v) is 7.00. The Balaban J connectivity index is 0.00000450. The van der Waals surface area contributed by atoms with Gasteiger partial charge in [0.05, 0.1) is 20.8 Å². The van der Waals surface area contributed by atoms with E-state index in [0.29, 0.717) is 30.2 Å². The molecule has 168 valence electrons. The van der Waals surface area contributed by atoms with E-state index in [4.69, 9.17) is 14.5 Å². The second-order valence-electron chi connectivity index (χ2n) is 7.00. The SMILES string of the molecule is CCNC(=NCc1ccc(C(=O)OC)c(OC)c1)N1CCC(CC(=O)NC)CC1.I. The average Bonchev–Trinajstić information content (AvgIpc) is 2.76. The third kappa shape index (κ3) is 7.33. The van der Waals surface area contributed by atoms with E-state index in [1.165, 1.54) is 14.2 Å². The topological polar surface area (TPSA) is 92.3 Å². The molecule has 0 saturated carbocycles. The number of hydrogen-bond acceptors (Lipinski definition) is 5. The van der Waals surface area contributed by atoms with Crippen LogP contribution < -0.4 is 15.4 Å². The fourth-order valence-electron chi connectivity index (χ4n) is 3.42. The first-order chi connectivity index (χ1) is 14.0. The molecule has 0 aromatic heterocycles. The van der Waals surface area contributed by atoms with Gasteiger partial charge in [-0.15, -0.1) is 24.0 Å². The van der Waals surface area contributed by atoms with E-state index in [1.807, 2.05) is 19.1 Å². The largest absolute Gasteiger partial charge is 0.496 e. The van der Waals surface area contributed by atoms with E-state index in [9.17, 15) is 9.59 Å². The molecule has 2 rings (SSSR count). The molecule has 1 aromatic carbocycles. The van der Waals surface area contributed by atoms with Gasteiger partial charge in [0.1, 0.15) is 11.3 Å². The minimum absolute atomic E-state index is 0. The van der Waals surface area contributed by atoms with E-state index in [-0.39, 0.29) is 29.9 Å². The fraction of sp³-hybridized carbons (Fsp3) is 0.571. The van der Waals surface area contributed by atoms with Gasteiger partial charge in [-0.1, -0.05) is 6.07 Å². The number of aliphatic imine (C=N–C) groups is 1. The van der Waals surface area contributed by atoms with Crippen LogP contribution in [-0.2, 0) is 16.1 Å². The number of carbonyl (C=O) groups is 2. The van der Waals surface area contributed by atoms with Crippen LogP contribution in [0.3, 0.4) is 0 Å². The van der Waals surface area contributed by atoms with Gasteiger partial charge in [0, 0.05) is 33.1 Å². The van der Waals surface area contributed by atoms with Crippen LogP contribution in [0.1, 0.15) is 42.1 Å². The lowest BCUT2D eigenvalue weighted by molar-refractivity contribution is -0.121. The number of amides is 1. The summed E-state index contributed by atoms with van der Waals surface area (Å²) in [5.74, 6) is 1.44. The number of nitrogens with one attached hydrogen (secondary N) is 2. The fourth-order valence-corrected chi connectivity index (χ4v) is 3.42. The Morgan fingerprint density at radius 2 is 1.93 bits per heavy atom. The maximum atomic E-state index is 11.8. The van der Waals surface area contributed by atoms with Crippen LogP contribution in [0.15, 0.2) is 23.2 Å². The first-order valence-corrected chi connectivity index (χ1v) is 10.0. The average molecular weight is 532 g/mol. The number of esters is 1. The molecule has 1 saturated heterocycles. The van der Waals surface area contributed by atoms with Crippen molar-refractivity contribution in [3.63, 3.8) is 0 Å². The number of nitrogens with zero attached hydrogens (tertiary/aromatic N) is 2. The molecule has 0 atom stereocenters. The number of methoxy groups -OCH3 is 2. The van der Waals surface area contributed by atoms with Crippen molar-refractivity contribution in [2.45, 2.75) is 32.7 Å². The van der Waals surface area contributed by atoms with E-state index in [1.54, 1.807) is 13.1 Å². The number of ether oxygens (including phenoxy) is 2. The summed E-state index contributed by atoms with van der Waals surface area (Å²) in [7, 11) is 4.56. The quantitative estimate of drug-likeness (QED) is 0.243. The van der Waals surface area contributed by atoms with Crippen molar-refractivity contribution in [2.24, 2.45) is 10.9 Å². The number of carbonyl (C=O) groups excluding carboxylic acids is 2. The van der Waals surface area contributed by atoms with E-state index >= 15 is 0 Å². The summed E-state index contributed by atoms with van der Waals surface area (Å²) in [5, 5.41) is 6.05. The van der Waals surface area contributed by atoms with Crippen molar-refractivity contribution in [2.75, 3.05) is 40.9 Å². The number of benzene rings is 1. The van der Waals surface area contributed by atoms with Crippen LogP contribution in [0, 0.1) is 5.92 Å². The van der Waals surface area contributed by atoms with Crippen molar-refractivity contribution in [1.82, 2.24) is 15.5 Å². The predicted octanol–water partition coefficient (Wildman–Crippen LogP) is 2.41. The van der Waals surface area contributed by atoms with Crippen molar-refractivity contribution in [1.29, 1.82) is 0 Å². The van der Waals surface area contributed by atoms with Crippen LogP contribution in [-0.4, -0.2) is 63.6 Å². The van der Waals surface area contributed by atoms with E-state index in [2.05, 4.69) is 15.5 Å². The van der Waals surface area contributed by atoms with Gasteiger partial charge in [-0.3, -0.25) is 4.79 Å². The number of halogens is 1. The van der Waals surface area contributed by atoms with Crippen molar-refractivity contribution in [3.8, 4) is 5.75 Å². The maximum absolute atomic E-state index is 11.8. The van der Waals surface area contributed by atoms with Crippen molar-refractivity contribution < 1.29 is 19.1 Å². The molecule has 0 aliphatic carbocycles. The number of piperidine rings is 1. The zero-order valence-electron chi connectivity index (χ0n) is 18.2. The van der Waals surface area contributed by atoms with Crippen LogP contribution in [0.2, 0.25) is 0 Å². The van der Waals surface area contributed by atoms with E-state index < -0.39 is 5.97 Å². The molecule has 8 nitrogen and oxygen atoms in total. The van der Waals surface area contributed by atoms with Crippen LogP contribution in [0.5, 0.6) is 5.75 Å². The molecule has 0 unspecified atom stereocenters. The maximum Gasteiger partial charge on any atom is 0.341 e. The summed E-state index contributed by atoms with van der Waals surface area (Å²) in [6.07, 6.45) is 2.53. The molecule has 1 aliphatic rings. The highest BCUT2D eigenvalue weighted by Gasteiger charge is 2.23. The zero-order chi connectivity index (χ0) is 21.2. The van der Waals surface area contributed by atoms with Gasteiger partial charge < -0.3 is 25.0 Å². The third-order valence-corrected chi connectivity index (χ3v) is 5.08. The Bertz CT molecular complexity index is 734. The molecule has 1 amide bonds. The second kappa shape index (κ2) is 13.3. The molecule has 1 heterocycles. The first-order valence-electron chi connectivity index (χ1n) is 10.0. The summed E-state index contributed by atoms with van der Waals surface area (Å²) in [6.45, 7) is 5.04. The Morgan fingerprint density at radius 1 is 1.23 bits per heavy atom. The summed E-state index contributed by atoms with van der Waals surface area (Å²) in [5.41, 5.74) is 1.34. The molecular formula is C21H33IN4O4. The van der Waals surface area contributed by atoms with Gasteiger partial charge in [0.15, 0.2) is 5.96 Å². The minimum atomic E-state index is -0.426. The Hall–Kier alpha value is -2.04. The lowest BCUT2D eigenvalue weighted by Gasteiger charge is -2.34. The van der Waals surface area contributed by atoms with E-state index in [0.717, 1.165) is 44.0 Å². The lowest BCUT2D eigenvalue weighted by Crippen LogP contribution is -2.46. The highest BCUT2D eigenvalue weighted by Crippen LogP contribution is 2.23. The van der Waals surface area contributed by atoms with Crippen molar-refractivity contribution >= 4 is 41.8 Å². The van der Waals surface area contributed by atoms with Gasteiger partial charge in [-0.25, -0.2) is 9.79 Å².